The van der Waals surface area contributed by atoms with E-state index < -0.39 is 0 Å². The van der Waals surface area contributed by atoms with Gasteiger partial charge in [0.25, 0.3) is 5.91 Å². The molecule has 0 bridgehead atoms. The first-order chi connectivity index (χ1) is 12.6. The van der Waals surface area contributed by atoms with Crippen LogP contribution in [0.3, 0.4) is 0 Å². The van der Waals surface area contributed by atoms with Crippen LogP contribution in [0, 0.1) is 6.92 Å². The van der Waals surface area contributed by atoms with Crippen LogP contribution in [-0.2, 0) is 0 Å². The molecule has 1 aliphatic rings. The Labute approximate surface area is 166 Å². The van der Waals surface area contributed by atoms with Crippen molar-refractivity contribution in [2.24, 2.45) is 0 Å². The van der Waals surface area contributed by atoms with Crippen molar-refractivity contribution >= 4 is 18.3 Å². The molecule has 2 aromatic rings. The summed E-state index contributed by atoms with van der Waals surface area (Å²) >= 11 is 0. The number of carbonyl (C=O) groups is 1. The van der Waals surface area contributed by atoms with Crippen LogP contribution in [0.2, 0.25) is 0 Å². The zero-order chi connectivity index (χ0) is 18.4. The van der Waals surface area contributed by atoms with Crippen LogP contribution in [0.1, 0.15) is 41.4 Å². The molecule has 1 fully saturated rings. The average Bonchev–Trinajstić information content (AvgIpc) is 3.16. The van der Waals surface area contributed by atoms with Crippen molar-refractivity contribution in [2.75, 3.05) is 33.3 Å². The molecule has 0 spiro atoms. The van der Waals surface area contributed by atoms with Crippen LogP contribution in [0.5, 0.6) is 5.75 Å². The minimum atomic E-state index is -0.0962. The highest BCUT2D eigenvalue weighted by Gasteiger charge is 2.20. The van der Waals surface area contributed by atoms with Crippen LogP contribution in [0.25, 0.3) is 0 Å². The topological polar surface area (TPSA) is 72.3 Å². The molecule has 0 atom stereocenters. The van der Waals surface area contributed by atoms with Crippen molar-refractivity contribution in [3.05, 3.63) is 41.7 Å². The summed E-state index contributed by atoms with van der Waals surface area (Å²) in [5.74, 6) is 0.799. The lowest BCUT2D eigenvalue weighted by atomic mass is 10.1. The maximum absolute atomic E-state index is 12.5. The summed E-state index contributed by atoms with van der Waals surface area (Å²) in [5, 5.41) is 11.6. The molecule has 3 rings (SSSR count). The van der Waals surface area contributed by atoms with Crippen molar-refractivity contribution < 1.29 is 9.53 Å². The lowest BCUT2D eigenvalue weighted by Crippen LogP contribution is -2.30. The Morgan fingerprint density at radius 3 is 2.81 bits per heavy atom. The number of aromatic nitrogens is 3. The van der Waals surface area contributed by atoms with Gasteiger partial charge in [0.1, 0.15) is 5.75 Å². The van der Waals surface area contributed by atoms with E-state index in [0.717, 1.165) is 43.7 Å². The molecule has 1 amide bonds. The molecule has 0 unspecified atom stereocenters. The van der Waals surface area contributed by atoms with Gasteiger partial charge in [0.2, 0.25) is 0 Å². The Morgan fingerprint density at radius 2 is 2.07 bits per heavy atom. The van der Waals surface area contributed by atoms with Crippen LogP contribution in [0.4, 0.5) is 0 Å². The first kappa shape index (κ1) is 21.2. The fourth-order valence-electron chi connectivity index (χ4n) is 3.12. The first-order valence-corrected chi connectivity index (χ1v) is 9.21. The Balaban J connectivity index is 0.00000261. The molecule has 1 N–H and O–H groups in total. The third-order valence-corrected chi connectivity index (χ3v) is 4.75. The number of hydrogen-bond acceptors (Lipinski definition) is 5. The highest BCUT2D eigenvalue weighted by atomic mass is 35.5. The fourth-order valence-corrected chi connectivity index (χ4v) is 3.12. The van der Waals surface area contributed by atoms with Gasteiger partial charge >= 0.3 is 0 Å². The molecular weight excluding hydrogens is 366 g/mol. The molecule has 1 aliphatic heterocycles. The van der Waals surface area contributed by atoms with E-state index >= 15 is 0 Å². The van der Waals surface area contributed by atoms with E-state index in [1.165, 1.54) is 0 Å². The molecular formula is C19H28ClN5O2. The SMILES string of the molecule is Cc1ccccc1OCCCN(C)C(=O)c1cn(C2CCNCC2)nn1.Cl. The summed E-state index contributed by atoms with van der Waals surface area (Å²) in [6.07, 6.45) is 4.57. The molecule has 7 nitrogen and oxygen atoms in total. The number of hydrogen-bond donors (Lipinski definition) is 1. The van der Waals surface area contributed by atoms with Gasteiger partial charge in [-0.05, 0) is 50.9 Å². The van der Waals surface area contributed by atoms with Gasteiger partial charge in [-0.1, -0.05) is 23.4 Å². The normalized spacial score (nSPS) is 14.4. The maximum Gasteiger partial charge on any atom is 0.275 e. The lowest BCUT2D eigenvalue weighted by molar-refractivity contribution is 0.0782. The number of aryl methyl sites for hydroxylation is 1. The fraction of sp³-hybridized carbons (Fsp3) is 0.526. The van der Waals surface area contributed by atoms with Gasteiger partial charge in [0.15, 0.2) is 5.69 Å². The highest BCUT2D eigenvalue weighted by molar-refractivity contribution is 5.91. The maximum atomic E-state index is 12.5. The summed E-state index contributed by atoms with van der Waals surface area (Å²) in [4.78, 5) is 14.2. The molecule has 27 heavy (non-hydrogen) atoms. The van der Waals surface area contributed by atoms with Gasteiger partial charge in [-0.15, -0.1) is 17.5 Å². The predicted molar refractivity (Wildman–Crippen MR) is 107 cm³/mol. The van der Waals surface area contributed by atoms with Crippen LogP contribution in [-0.4, -0.2) is 59.1 Å². The number of nitrogens with zero attached hydrogens (tertiary/aromatic N) is 4. The Hall–Kier alpha value is -2.12. The van der Waals surface area contributed by atoms with Gasteiger partial charge in [-0.25, -0.2) is 4.68 Å². The smallest absolute Gasteiger partial charge is 0.275 e. The van der Waals surface area contributed by atoms with E-state index in [1.807, 2.05) is 35.9 Å². The summed E-state index contributed by atoms with van der Waals surface area (Å²) < 4.78 is 7.62. The Bertz CT molecular complexity index is 730. The van der Waals surface area contributed by atoms with E-state index in [4.69, 9.17) is 4.74 Å². The number of carbonyl (C=O) groups excluding carboxylic acids is 1. The largest absolute Gasteiger partial charge is 0.493 e. The second-order valence-corrected chi connectivity index (χ2v) is 6.76. The van der Waals surface area contributed by atoms with Crippen molar-refractivity contribution in [2.45, 2.75) is 32.2 Å². The summed E-state index contributed by atoms with van der Waals surface area (Å²) in [6.45, 7) is 5.18. The minimum Gasteiger partial charge on any atom is -0.493 e. The van der Waals surface area contributed by atoms with Crippen molar-refractivity contribution in [1.82, 2.24) is 25.2 Å². The molecule has 1 aromatic carbocycles. The number of ether oxygens (including phenoxy) is 1. The highest BCUT2D eigenvalue weighted by Crippen LogP contribution is 2.18. The standard InChI is InChI=1S/C19H27N5O2.ClH/c1-15-6-3-4-7-18(15)26-13-5-12-23(2)19(25)17-14-24(22-21-17)16-8-10-20-11-9-16;/h3-4,6-7,14,16,20H,5,8-13H2,1-2H3;1H. The average molecular weight is 394 g/mol. The van der Waals surface area contributed by atoms with Crippen LogP contribution in [0.15, 0.2) is 30.5 Å². The summed E-state index contributed by atoms with van der Waals surface area (Å²) in [7, 11) is 1.79. The van der Waals surface area contributed by atoms with E-state index in [0.29, 0.717) is 24.9 Å². The molecule has 1 saturated heterocycles. The zero-order valence-electron chi connectivity index (χ0n) is 15.9. The monoisotopic (exact) mass is 393 g/mol. The predicted octanol–water partition coefficient (Wildman–Crippen LogP) is 2.47. The first-order valence-electron chi connectivity index (χ1n) is 9.21. The number of para-hydroxylation sites is 1. The van der Waals surface area contributed by atoms with Crippen molar-refractivity contribution in [3.8, 4) is 5.75 Å². The number of nitrogens with one attached hydrogen (secondary N) is 1. The van der Waals surface area contributed by atoms with Gasteiger partial charge in [-0.3, -0.25) is 4.79 Å². The number of piperidine rings is 1. The summed E-state index contributed by atoms with van der Waals surface area (Å²) in [5.41, 5.74) is 1.53. The van der Waals surface area contributed by atoms with E-state index in [2.05, 4.69) is 15.6 Å². The van der Waals surface area contributed by atoms with Gasteiger partial charge < -0.3 is 15.0 Å². The zero-order valence-corrected chi connectivity index (χ0v) is 16.7. The Kier molecular flexibility index (Phi) is 8.06. The van der Waals surface area contributed by atoms with Gasteiger partial charge in [0, 0.05) is 13.6 Å². The molecule has 1 aromatic heterocycles. The second-order valence-electron chi connectivity index (χ2n) is 6.76. The number of halogens is 1. The number of benzene rings is 1. The third kappa shape index (κ3) is 5.68. The summed E-state index contributed by atoms with van der Waals surface area (Å²) in [6, 6.07) is 8.27. The van der Waals surface area contributed by atoms with Crippen molar-refractivity contribution in [3.63, 3.8) is 0 Å². The minimum absolute atomic E-state index is 0. The number of rotatable bonds is 7. The van der Waals surface area contributed by atoms with Crippen molar-refractivity contribution in [1.29, 1.82) is 0 Å². The van der Waals surface area contributed by atoms with E-state index in [-0.39, 0.29) is 18.3 Å². The quantitative estimate of drug-likeness (QED) is 0.731. The third-order valence-electron chi connectivity index (χ3n) is 4.75. The molecule has 148 valence electrons. The van der Waals surface area contributed by atoms with E-state index in [9.17, 15) is 4.79 Å². The van der Waals surface area contributed by atoms with Gasteiger partial charge in [0.05, 0.1) is 18.8 Å². The van der Waals surface area contributed by atoms with Crippen LogP contribution < -0.4 is 10.1 Å². The van der Waals surface area contributed by atoms with E-state index in [1.54, 1.807) is 18.1 Å². The molecule has 0 saturated carbocycles. The van der Waals surface area contributed by atoms with Gasteiger partial charge in [-0.2, -0.15) is 0 Å². The van der Waals surface area contributed by atoms with Crippen LogP contribution >= 0.6 is 12.4 Å². The molecule has 0 radical (unpaired) electrons. The second kappa shape index (κ2) is 10.3. The Morgan fingerprint density at radius 1 is 1.33 bits per heavy atom. The molecule has 0 aliphatic carbocycles. The lowest BCUT2D eigenvalue weighted by Gasteiger charge is -2.22. The number of amides is 1. The molecule has 8 heteroatoms. The molecule has 2 heterocycles.